The predicted octanol–water partition coefficient (Wildman–Crippen LogP) is 2.37. The van der Waals surface area contributed by atoms with E-state index in [1.165, 1.54) is 5.69 Å². The van der Waals surface area contributed by atoms with Crippen molar-refractivity contribution in [3.8, 4) is 0 Å². The van der Waals surface area contributed by atoms with Crippen LogP contribution in [0.2, 0.25) is 0 Å². The second-order valence-corrected chi connectivity index (χ2v) is 4.41. The Bertz CT molecular complexity index is 575. The summed E-state index contributed by atoms with van der Waals surface area (Å²) in [6.45, 7) is 1.75. The Morgan fingerprint density at radius 1 is 1.11 bits per heavy atom. The van der Waals surface area contributed by atoms with Gasteiger partial charge in [0.1, 0.15) is 0 Å². The Hall–Kier alpha value is -2.16. The third kappa shape index (κ3) is 1.88. The maximum absolute atomic E-state index is 4.72. The van der Waals surface area contributed by atoms with Crippen LogP contribution in [0.1, 0.15) is 11.1 Å². The maximum Gasteiger partial charge on any atom is 0.0756 e. The van der Waals surface area contributed by atoms with Gasteiger partial charge in [-0.3, -0.25) is 9.98 Å². The van der Waals surface area contributed by atoms with Crippen molar-refractivity contribution in [1.82, 2.24) is 4.98 Å². The molecule has 1 aromatic heterocycles. The molecule has 3 rings (SSSR count). The Morgan fingerprint density at radius 2 is 1.94 bits per heavy atom. The summed E-state index contributed by atoms with van der Waals surface area (Å²) in [5, 5.41) is 0. The zero-order valence-corrected chi connectivity index (χ0v) is 10.4. The number of fused-ring (bicyclic) bond motifs is 1. The van der Waals surface area contributed by atoms with Crippen molar-refractivity contribution >= 4 is 11.4 Å². The van der Waals surface area contributed by atoms with E-state index >= 15 is 0 Å². The standard InChI is InChI=1S/C15H15N3/c1-18-10-9-17-15(12-5-3-2-4-6-12)13-11-16-8-7-14(13)18/h2-8,11H,9-10H2,1H3. The van der Waals surface area contributed by atoms with E-state index in [0.29, 0.717) is 0 Å². The molecule has 1 aliphatic heterocycles. The van der Waals surface area contributed by atoms with Gasteiger partial charge in [-0.25, -0.2) is 0 Å². The van der Waals surface area contributed by atoms with E-state index < -0.39 is 0 Å². The summed E-state index contributed by atoms with van der Waals surface area (Å²) in [6.07, 6.45) is 3.74. The quantitative estimate of drug-likeness (QED) is 0.761. The van der Waals surface area contributed by atoms with Crippen LogP contribution in [0.5, 0.6) is 0 Å². The fourth-order valence-corrected chi connectivity index (χ4v) is 2.26. The highest BCUT2D eigenvalue weighted by atomic mass is 15.1. The predicted molar refractivity (Wildman–Crippen MR) is 74.5 cm³/mol. The van der Waals surface area contributed by atoms with Crippen molar-refractivity contribution in [1.29, 1.82) is 0 Å². The number of rotatable bonds is 1. The van der Waals surface area contributed by atoms with Crippen molar-refractivity contribution < 1.29 is 0 Å². The van der Waals surface area contributed by atoms with Gasteiger partial charge in [-0.05, 0) is 6.07 Å². The first kappa shape index (κ1) is 11.0. The van der Waals surface area contributed by atoms with E-state index in [-0.39, 0.29) is 0 Å². The molecule has 0 N–H and O–H groups in total. The van der Waals surface area contributed by atoms with E-state index in [4.69, 9.17) is 4.99 Å². The smallest absolute Gasteiger partial charge is 0.0756 e. The summed E-state index contributed by atoms with van der Waals surface area (Å²) in [5.41, 5.74) is 4.51. The highest BCUT2D eigenvalue weighted by Gasteiger charge is 2.17. The van der Waals surface area contributed by atoms with E-state index in [1.807, 2.05) is 30.6 Å². The number of hydrogen-bond donors (Lipinski definition) is 0. The molecular formula is C15H15N3. The maximum atomic E-state index is 4.72. The Balaban J connectivity index is 2.16. The number of aliphatic imine (C=N–C) groups is 1. The van der Waals surface area contributed by atoms with Gasteiger partial charge >= 0.3 is 0 Å². The molecule has 3 nitrogen and oxygen atoms in total. The molecule has 1 aliphatic rings. The molecule has 0 spiro atoms. The van der Waals surface area contributed by atoms with Gasteiger partial charge in [0, 0.05) is 42.8 Å². The Kier molecular flexibility index (Phi) is 2.81. The van der Waals surface area contributed by atoms with Gasteiger partial charge in [0.2, 0.25) is 0 Å². The molecule has 0 saturated heterocycles. The van der Waals surface area contributed by atoms with Crippen LogP contribution in [-0.2, 0) is 0 Å². The fourth-order valence-electron chi connectivity index (χ4n) is 2.26. The van der Waals surface area contributed by atoms with E-state index in [9.17, 15) is 0 Å². The highest BCUT2D eigenvalue weighted by molar-refractivity contribution is 6.16. The first-order chi connectivity index (χ1) is 8.86. The average Bonchev–Trinajstić information content (AvgIpc) is 2.60. The Morgan fingerprint density at radius 3 is 2.78 bits per heavy atom. The second kappa shape index (κ2) is 4.61. The van der Waals surface area contributed by atoms with E-state index in [1.54, 1.807) is 0 Å². The summed E-state index contributed by atoms with van der Waals surface area (Å²) in [4.78, 5) is 11.2. The van der Waals surface area contributed by atoms with Crippen LogP contribution in [0, 0.1) is 0 Å². The lowest BCUT2D eigenvalue weighted by atomic mass is 10.0. The molecule has 0 aliphatic carbocycles. The number of hydrogen-bond acceptors (Lipinski definition) is 3. The zero-order valence-electron chi connectivity index (χ0n) is 10.4. The molecule has 1 aromatic carbocycles. The third-order valence-electron chi connectivity index (χ3n) is 3.22. The lowest BCUT2D eigenvalue weighted by molar-refractivity contribution is 0.895. The summed E-state index contributed by atoms with van der Waals surface area (Å²) < 4.78 is 0. The lowest BCUT2D eigenvalue weighted by Gasteiger charge is -2.18. The summed E-state index contributed by atoms with van der Waals surface area (Å²) in [5.74, 6) is 0. The molecule has 18 heavy (non-hydrogen) atoms. The summed E-state index contributed by atoms with van der Waals surface area (Å²) in [6, 6.07) is 12.4. The number of nitrogens with zero attached hydrogens (tertiary/aromatic N) is 3. The summed E-state index contributed by atoms with van der Waals surface area (Å²) >= 11 is 0. The van der Waals surface area contributed by atoms with Crippen LogP contribution >= 0.6 is 0 Å². The lowest BCUT2D eigenvalue weighted by Crippen LogP contribution is -2.20. The number of likely N-dealkylation sites (N-methyl/N-ethyl adjacent to an activating group) is 1. The number of pyridine rings is 1. The second-order valence-electron chi connectivity index (χ2n) is 4.41. The van der Waals surface area contributed by atoms with E-state index in [2.05, 4.69) is 35.1 Å². The first-order valence-corrected chi connectivity index (χ1v) is 6.11. The van der Waals surface area contributed by atoms with Gasteiger partial charge < -0.3 is 4.90 Å². The number of anilines is 1. The van der Waals surface area contributed by atoms with Crippen LogP contribution in [0.15, 0.2) is 53.8 Å². The van der Waals surface area contributed by atoms with Crippen LogP contribution in [0.4, 0.5) is 5.69 Å². The van der Waals surface area contributed by atoms with Crippen molar-refractivity contribution in [2.24, 2.45) is 4.99 Å². The van der Waals surface area contributed by atoms with Gasteiger partial charge in [-0.15, -0.1) is 0 Å². The molecule has 0 atom stereocenters. The summed E-state index contributed by atoms with van der Waals surface area (Å²) in [7, 11) is 2.10. The molecule has 0 fully saturated rings. The zero-order chi connectivity index (χ0) is 12.4. The topological polar surface area (TPSA) is 28.5 Å². The van der Waals surface area contributed by atoms with Crippen molar-refractivity contribution in [2.75, 3.05) is 25.0 Å². The molecule has 0 amide bonds. The van der Waals surface area contributed by atoms with Gasteiger partial charge in [0.05, 0.1) is 12.3 Å². The molecule has 0 unspecified atom stereocenters. The normalized spacial score (nSPS) is 14.7. The molecule has 2 heterocycles. The minimum absolute atomic E-state index is 0.815. The largest absolute Gasteiger partial charge is 0.372 e. The van der Waals surface area contributed by atoms with E-state index in [0.717, 1.165) is 29.9 Å². The molecule has 0 bridgehead atoms. The van der Waals surface area contributed by atoms with Crippen LogP contribution < -0.4 is 4.90 Å². The van der Waals surface area contributed by atoms with Gasteiger partial charge in [-0.2, -0.15) is 0 Å². The minimum Gasteiger partial charge on any atom is -0.372 e. The van der Waals surface area contributed by atoms with Crippen molar-refractivity contribution in [3.05, 3.63) is 59.9 Å². The molecule has 2 aromatic rings. The van der Waals surface area contributed by atoms with Crippen LogP contribution in [0.3, 0.4) is 0 Å². The van der Waals surface area contributed by atoms with Crippen molar-refractivity contribution in [2.45, 2.75) is 0 Å². The van der Waals surface area contributed by atoms with Crippen LogP contribution in [-0.4, -0.2) is 30.8 Å². The SMILES string of the molecule is CN1CCN=C(c2ccccc2)c2cnccc21. The fraction of sp³-hybridized carbons (Fsp3) is 0.200. The molecule has 0 saturated carbocycles. The number of aromatic nitrogens is 1. The molecule has 3 heteroatoms. The molecule has 0 radical (unpaired) electrons. The molecule has 90 valence electrons. The van der Waals surface area contributed by atoms with Gasteiger partial charge in [0.25, 0.3) is 0 Å². The van der Waals surface area contributed by atoms with Gasteiger partial charge in [0.15, 0.2) is 0 Å². The first-order valence-electron chi connectivity index (χ1n) is 6.11. The highest BCUT2D eigenvalue weighted by Crippen LogP contribution is 2.24. The van der Waals surface area contributed by atoms with Gasteiger partial charge in [-0.1, -0.05) is 30.3 Å². The monoisotopic (exact) mass is 237 g/mol. The molecular weight excluding hydrogens is 222 g/mol. The van der Waals surface area contributed by atoms with Crippen molar-refractivity contribution in [3.63, 3.8) is 0 Å². The average molecular weight is 237 g/mol. The number of benzene rings is 1. The minimum atomic E-state index is 0.815. The van der Waals surface area contributed by atoms with Crippen LogP contribution in [0.25, 0.3) is 0 Å². The Labute approximate surface area is 107 Å². The third-order valence-corrected chi connectivity index (χ3v) is 3.22.